The first-order valence-corrected chi connectivity index (χ1v) is 8.30. The maximum Gasteiger partial charge on any atom is 0.255 e. The van der Waals surface area contributed by atoms with Crippen molar-refractivity contribution in [1.82, 2.24) is 15.5 Å². The quantitative estimate of drug-likeness (QED) is 0.820. The van der Waals surface area contributed by atoms with E-state index in [2.05, 4.69) is 21.6 Å². The van der Waals surface area contributed by atoms with Gasteiger partial charge < -0.3 is 5.32 Å². The van der Waals surface area contributed by atoms with E-state index in [1.165, 1.54) is 36.8 Å². The molecule has 0 fully saturated rings. The molecule has 0 saturated heterocycles. The summed E-state index contributed by atoms with van der Waals surface area (Å²) in [5, 5.41) is 10.00. The molecule has 2 N–H and O–H groups in total. The predicted molar refractivity (Wildman–Crippen MR) is 92.3 cm³/mol. The van der Waals surface area contributed by atoms with Crippen molar-refractivity contribution in [3.8, 4) is 11.3 Å². The Kier molecular flexibility index (Phi) is 4.91. The number of benzene rings is 1. The molecule has 0 radical (unpaired) electrons. The Bertz CT molecular complexity index is 698. The molecule has 1 heterocycles. The number of hydrogen-bond acceptors (Lipinski definition) is 2. The molecule has 3 rings (SSSR count). The molecule has 0 atom stereocenters. The summed E-state index contributed by atoms with van der Waals surface area (Å²) < 4.78 is 0. The number of H-pyrrole nitrogens is 1. The summed E-state index contributed by atoms with van der Waals surface area (Å²) in [6.07, 6.45) is 9.81. The highest BCUT2D eigenvalue weighted by Crippen LogP contribution is 2.22. The van der Waals surface area contributed by atoms with Crippen LogP contribution in [0.2, 0.25) is 0 Å². The van der Waals surface area contributed by atoms with Gasteiger partial charge in [0.25, 0.3) is 5.91 Å². The number of rotatable bonds is 5. The molecule has 1 aromatic carbocycles. The molecule has 1 aromatic heterocycles. The Morgan fingerprint density at radius 3 is 2.83 bits per heavy atom. The maximum atomic E-state index is 12.4. The number of aromatic nitrogens is 2. The van der Waals surface area contributed by atoms with Gasteiger partial charge in [-0.3, -0.25) is 9.89 Å². The first-order valence-electron chi connectivity index (χ1n) is 8.30. The second kappa shape index (κ2) is 7.27. The van der Waals surface area contributed by atoms with E-state index in [-0.39, 0.29) is 5.91 Å². The van der Waals surface area contributed by atoms with E-state index >= 15 is 0 Å². The van der Waals surface area contributed by atoms with Crippen LogP contribution in [0.3, 0.4) is 0 Å². The average Bonchev–Trinajstić information content (AvgIpc) is 3.06. The number of nitrogens with one attached hydrogen (secondary N) is 2. The van der Waals surface area contributed by atoms with Crippen molar-refractivity contribution in [2.45, 2.75) is 39.0 Å². The van der Waals surface area contributed by atoms with Gasteiger partial charge in [-0.2, -0.15) is 5.10 Å². The van der Waals surface area contributed by atoms with Crippen LogP contribution in [-0.4, -0.2) is 22.6 Å². The number of aryl methyl sites for hydroxylation is 1. The highest BCUT2D eigenvalue weighted by molar-refractivity contribution is 5.99. The normalized spacial score (nSPS) is 14.4. The van der Waals surface area contributed by atoms with Crippen molar-refractivity contribution < 1.29 is 4.79 Å². The second-order valence-corrected chi connectivity index (χ2v) is 6.14. The molecule has 120 valence electrons. The molecule has 4 nitrogen and oxygen atoms in total. The number of carbonyl (C=O) groups excluding carboxylic acids is 1. The maximum absolute atomic E-state index is 12.4. The summed E-state index contributed by atoms with van der Waals surface area (Å²) in [6.45, 7) is 2.73. The van der Waals surface area contributed by atoms with Crippen LogP contribution in [0.15, 0.2) is 42.1 Å². The molecule has 2 aromatic rings. The summed E-state index contributed by atoms with van der Waals surface area (Å²) in [4.78, 5) is 12.4. The molecule has 0 unspecified atom stereocenters. The fourth-order valence-corrected chi connectivity index (χ4v) is 2.96. The van der Waals surface area contributed by atoms with Crippen LogP contribution >= 0.6 is 0 Å². The Balaban J connectivity index is 1.63. The minimum Gasteiger partial charge on any atom is -0.352 e. The zero-order chi connectivity index (χ0) is 16.1. The summed E-state index contributed by atoms with van der Waals surface area (Å²) >= 11 is 0. The van der Waals surface area contributed by atoms with E-state index in [1.807, 2.05) is 31.2 Å². The molecule has 0 bridgehead atoms. The van der Waals surface area contributed by atoms with Gasteiger partial charge >= 0.3 is 0 Å². The van der Waals surface area contributed by atoms with Gasteiger partial charge in [0, 0.05) is 12.1 Å². The highest BCUT2D eigenvalue weighted by Gasteiger charge is 2.15. The third-order valence-corrected chi connectivity index (χ3v) is 4.34. The molecule has 1 amide bonds. The Hall–Kier alpha value is -2.36. The van der Waals surface area contributed by atoms with Gasteiger partial charge in [0.15, 0.2) is 0 Å². The molecule has 4 heteroatoms. The minimum atomic E-state index is -0.0641. The zero-order valence-electron chi connectivity index (χ0n) is 13.6. The first-order chi connectivity index (χ1) is 11.2. The first kappa shape index (κ1) is 15.5. The van der Waals surface area contributed by atoms with E-state index in [1.54, 1.807) is 6.20 Å². The Morgan fingerprint density at radius 2 is 2.09 bits per heavy atom. The van der Waals surface area contributed by atoms with E-state index in [9.17, 15) is 4.79 Å². The predicted octanol–water partition coefficient (Wildman–Crippen LogP) is 4.01. The van der Waals surface area contributed by atoms with Crippen molar-refractivity contribution >= 4 is 5.91 Å². The molecule has 1 aliphatic carbocycles. The van der Waals surface area contributed by atoms with E-state index < -0.39 is 0 Å². The SMILES string of the molecule is Cc1ccc(-c2[nH]ncc2C(=O)NCCC2=CCCCC2)cc1. The Morgan fingerprint density at radius 1 is 1.26 bits per heavy atom. The average molecular weight is 309 g/mol. The third kappa shape index (κ3) is 3.89. The fourth-order valence-electron chi connectivity index (χ4n) is 2.96. The molecule has 0 saturated carbocycles. The topological polar surface area (TPSA) is 57.8 Å². The van der Waals surface area contributed by atoms with Crippen LogP contribution in [0.1, 0.15) is 48.0 Å². The fraction of sp³-hybridized carbons (Fsp3) is 0.368. The summed E-state index contributed by atoms with van der Waals surface area (Å²) in [5.74, 6) is -0.0641. The van der Waals surface area contributed by atoms with Gasteiger partial charge in [-0.1, -0.05) is 41.5 Å². The lowest BCUT2D eigenvalue weighted by molar-refractivity contribution is 0.0954. The molecule has 1 aliphatic rings. The number of carbonyl (C=O) groups is 1. The van der Waals surface area contributed by atoms with Crippen LogP contribution in [0, 0.1) is 6.92 Å². The minimum absolute atomic E-state index is 0.0641. The lowest BCUT2D eigenvalue weighted by Crippen LogP contribution is -2.25. The molecule has 0 spiro atoms. The van der Waals surface area contributed by atoms with Crippen molar-refractivity contribution in [2.24, 2.45) is 0 Å². The van der Waals surface area contributed by atoms with Crippen molar-refractivity contribution in [3.05, 3.63) is 53.2 Å². The second-order valence-electron chi connectivity index (χ2n) is 6.14. The number of aromatic amines is 1. The highest BCUT2D eigenvalue weighted by atomic mass is 16.1. The van der Waals surface area contributed by atoms with Crippen LogP contribution in [0.5, 0.6) is 0 Å². The van der Waals surface area contributed by atoms with E-state index in [0.717, 1.165) is 17.7 Å². The summed E-state index contributed by atoms with van der Waals surface area (Å²) in [5.41, 5.74) is 5.03. The van der Waals surface area contributed by atoms with Crippen LogP contribution in [-0.2, 0) is 0 Å². The standard InChI is InChI=1S/C19H23N3O/c1-14-7-9-16(10-8-14)18-17(13-21-22-18)19(23)20-12-11-15-5-3-2-4-6-15/h5,7-10,13H,2-4,6,11-12H2,1H3,(H,20,23)(H,21,22). The van der Waals surface area contributed by atoms with E-state index in [0.29, 0.717) is 12.1 Å². The monoisotopic (exact) mass is 309 g/mol. The molecule has 23 heavy (non-hydrogen) atoms. The molecular formula is C19H23N3O. The number of nitrogens with zero attached hydrogens (tertiary/aromatic N) is 1. The zero-order valence-corrected chi connectivity index (χ0v) is 13.6. The van der Waals surface area contributed by atoms with Gasteiger partial charge in [-0.25, -0.2) is 0 Å². The number of hydrogen-bond donors (Lipinski definition) is 2. The number of allylic oxidation sites excluding steroid dienone is 1. The van der Waals surface area contributed by atoms with Crippen LogP contribution in [0.25, 0.3) is 11.3 Å². The van der Waals surface area contributed by atoms with Gasteiger partial charge in [-0.15, -0.1) is 0 Å². The lowest BCUT2D eigenvalue weighted by atomic mass is 9.97. The van der Waals surface area contributed by atoms with Crippen molar-refractivity contribution in [1.29, 1.82) is 0 Å². The third-order valence-electron chi connectivity index (χ3n) is 4.34. The van der Waals surface area contributed by atoms with E-state index in [4.69, 9.17) is 0 Å². The largest absolute Gasteiger partial charge is 0.352 e. The molecule has 0 aliphatic heterocycles. The van der Waals surface area contributed by atoms with Gasteiger partial charge in [0.1, 0.15) is 0 Å². The van der Waals surface area contributed by atoms with Crippen LogP contribution in [0.4, 0.5) is 0 Å². The number of amides is 1. The summed E-state index contributed by atoms with van der Waals surface area (Å²) in [6, 6.07) is 8.08. The van der Waals surface area contributed by atoms with Crippen molar-refractivity contribution in [3.63, 3.8) is 0 Å². The lowest BCUT2D eigenvalue weighted by Gasteiger charge is -2.13. The van der Waals surface area contributed by atoms with Crippen molar-refractivity contribution in [2.75, 3.05) is 6.54 Å². The van der Waals surface area contributed by atoms with Gasteiger partial charge in [0.2, 0.25) is 0 Å². The molecular weight excluding hydrogens is 286 g/mol. The van der Waals surface area contributed by atoms with Gasteiger partial charge in [0.05, 0.1) is 17.5 Å². The summed E-state index contributed by atoms with van der Waals surface area (Å²) in [7, 11) is 0. The van der Waals surface area contributed by atoms with Gasteiger partial charge in [-0.05, 0) is 39.0 Å². The van der Waals surface area contributed by atoms with Crippen LogP contribution < -0.4 is 5.32 Å². The smallest absolute Gasteiger partial charge is 0.255 e. The Labute approximate surface area is 137 Å².